The van der Waals surface area contributed by atoms with Crippen LogP contribution in [-0.2, 0) is 22.3 Å². The highest BCUT2D eigenvalue weighted by molar-refractivity contribution is 7.79. The van der Waals surface area contributed by atoms with Crippen molar-refractivity contribution in [2.45, 2.75) is 18.9 Å². The monoisotopic (exact) mass is 286 g/mol. The number of carbonyl (C=O) groups excluding carboxylic acids is 1. The van der Waals surface area contributed by atoms with Crippen LogP contribution in [0.4, 0.5) is 0 Å². The van der Waals surface area contributed by atoms with E-state index in [9.17, 15) is 9.00 Å². The Morgan fingerprint density at radius 1 is 1.32 bits per heavy atom. The van der Waals surface area contributed by atoms with Gasteiger partial charge >= 0.3 is 0 Å². The fraction of sp³-hybridized carbons (Fsp3) is 0.417. The Balaban J connectivity index is 2.48. The van der Waals surface area contributed by atoms with Gasteiger partial charge in [0.1, 0.15) is 0 Å². The first-order valence-corrected chi connectivity index (χ1v) is 7.19. The molecule has 0 saturated heterocycles. The van der Waals surface area contributed by atoms with E-state index in [1.165, 1.54) is 0 Å². The maximum absolute atomic E-state index is 11.5. The molecule has 0 spiro atoms. The number of nitrogens with one attached hydrogen (secondary N) is 2. The summed E-state index contributed by atoms with van der Waals surface area (Å²) < 4.78 is 19.1. The van der Waals surface area contributed by atoms with Crippen molar-refractivity contribution >= 4 is 17.0 Å². The zero-order valence-corrected chi connectivity index (χ0v) is 11.2. The molecule has 0 fully saturated rings. The Morgan fingerprint density at radius 3 is 2.58 bits per heavy atom. The predicted molar refractivity (Wildman–Crippen MR) is 72.1 cm³/mol. The van der Waals surface area contributed by atoms with Gasteiger partial charge < -0.3 is 9.87 Å². The molecule has 2 atom stereocenters. The molecule has 7 heteroatoms. The Hall–Kier alpha value is -1.28. The van der Waals surface area contributed by atoms with Crippen molar-refractivity contribution in [3.05, 3.63) is 35.9 Å². The van der Waals surface area contributed by atoms with Crippen molar-refractivity contribution in [3.8, 4) is 0 Å². The molecule has 0 radical (unpaired) electrons. The Bertz CT molecular complexity index is 413. The summed E-state index contributed by atoms with van der Waals surface area (Å²) in [4.78, 5) is 11.5. The SMILES string of the molecule is O=C(NO)[C@H](Cc1ccccc1)NCCCS(=O)O. The van der Waals surface area contributed by atoms with Crippen molar-refractivity contribution in [1.29, 1.82) is 0 Å². The van der Waals surface area contributed by atoms with Crippen LogP contribution in [0.15, 0.2) is 30.3 Å². The highest BCUT2D eigenvalue weighted by Gasteiger charge is 2.17. The van der Waals surface area contributed by atoms with Crippen molar-refractivity contribution in [2.24, 2.45) is 0 Å². The molecule has 0 saturated carbocycles. The lowest BCUT2D eigenvalue weighted by Gasteiger charge is -2.16. The van der Waals surface area contributed by atoms with Crippen molar-refractivity contribution in [1.82, 2.24) is 10.8 Å². The fourth-order valence-electron chi connectivity index (χ4n) is 1.66. The van der Waals surface area contributed by atoms with Crippen LogP contribution < -0.4 is 10.8 Å². The summed E-state index contributed by atoms with van der Waals surface area (Å²) in [5, 5.41) is 11.7. The number of hydroxylamine groups is 1. The number of benzene rings is 1. The first-order chi connectivity index (χ1) is 9.13. The van der Waals surface area contributed by atoms with Gasteiger partial charge in [-0.25, -0.2) is 9.69 Å². The second-order valence-corrected chi connectivity index (χ2v) is 5.10. The topological polar surface area (TPSA) is 98.7 Å². The number of carbonyl (C=O) groups is 1. The first-order valence-electron chi connectivity index (χ1n) is 5.92. The average Bonchev–Trinajstić information content (AvgIpc) is 2.42. The normalized spacial score (nSPS) is 13.8. The second kappa shape index (κ2) is 8.76. The first kappa shape index (κ1) is 15.8. The minimum atomic E-state index is -1.82. The van der Waals surface area contributed by atoms with E-state index in [1.807, 2.05) is 30.3 Å². The van der Waals surface area contributed by atoms with Crippen LogP contribution in [0.5, 0.6) is 0 Å². The predicted octanol–water partition coefficient (Wildman–Crippen LogP) is 0.304. The molecule has 0 bridgehead atoms. The molecule has 1 aromatic rings. The van der Waals surface area contributed by atoms with Gasteiger partial charge in [-0.15, -0.1) is 0 Å². The Labute approximate surface area is 114 Å². The minimum absolute atomic E-state index is 0.159. The van der Waals surface area contributed by atoms with Gasteiger partial charge in [0.15, 0.2) is 11.1 Å². The summed E-state index contributed by atoms with van der Waals surface area (Å²) in [6, 6.07) is 8.84. The smallest absolute Gasteiger partial charge is 0.260 e. The van der Waals surface area contributed by atoms with Crippen molar-refractivity contribution in [3.63, 3.8) is 0 Å². The van der Waals surface area contributed by atoms with Crippen molar-refractivity contribution in [2.75, 3.05) is 12.3 Å². The molecule has 0 aliphatic heterocycles. The maximum atomic E-state index is 11.5. The molecule has 19 heavy (non-hydrogen) atoms. The summed E-state index contributed by atoms with van der Waals surface area (Å²) in [6.07, 6.45) is 0.919. The van der Waals surface area contributed by atoms with E-state index in [0.717, 1.165) is 5.56 Å². The fourth-order valence-corrected chi connectivity index (χ4v) is 2.05. The molecule has 1 unspecified atom stereocenters. The third-order valence-electron chi connectivity index (χ3n) is 2.60. The lowest BCUT2D eigenvalue weighted by atomic mass is 10.1. The summed E-state index contributed by atoms with van der Waals surface area (Å²) in [5.74, 6) is -0.361. The average molecular weight is 286 g/mol. The Morgan fingerprint density at radius 2 is 2.00 bits per heavy atom. The van der Waals surface area contributed by atoms with Crippen LogP contribution in [0.2, 0.25) is 0 Å². The van der Waals surface area contributed by atoms with Crippen LogP contribution >= 0.6 is 0 Å². The third-order valence-corrected chi connectivity index (χ3v) is 3.23. The maximum Gasteiger partial charge on any atom is 0.260 e. The van der Waals surface area contributed by atoms with Gasteiger partial charge in [-0.05, 0) is 24.9 Å². The molecule has 0 heterocycles. The standard InChI is InChI=1S/C12H18N2O4S/c15-12(14-16)11(13-7-4-8-19(17)18)9-10-5-2-1-3-6-10/h1-3,5-6,11,13,16H,4,7-9H2,(H,14,15)(H,17,18)/t11-/m0/s1. The van der Waals surface area contributed by atoms with E-state index in [4.69, 9.17) is 9.76 Å². The van der Waals surface area contributed by atoms with Gasteiger partial charge in [0, 0.05) is 0 Å². The number of amides is 1. The van der Waals surface area contributed by atoms with Gasteiger partial charge in [-0.1, -0.05) is 30.3 Å². The summed E-state index contributed by atoms with van der Waals surface area (Å²) >= 11 is -1.82. The van der Waals surface area contributed by atoms with Gasteiger partial charge in [0.05, 0.1) is 11.8 Å². The highest BCUT2D eigenvalue weighted by atomic mass is 32.2. The van der Waals surface area contributed by atoms with E-state index in [-0.39, 0.29) is 5.75 Å². The zero-order chi connectivity index (χ0) is 14.1. The molecule has 0 aliphatic rings. The van der Waals surface area contributed by atoms with Crippen LogP contribution in [-0.4, -0.2) is 38.2 Å². The second-order valence-electron chi connectivity index (χ2n) is 4.05. The largest absolute Gasteiger partial charge is 0.306 e. The molecule has 4 N–H and O–H groups in total. The number of rotatable bonds is 8. The van der Waals surface area contributed by atoms with Crippen LogP contribution in [0.1, 0.15) is 12.0 Å². The molecular formula is C12H18N2O4S. The molecule has 0 aromatic heterocycles. The quantitative estimate of drug-likeness (QED) is 0.238. The lowest BCUT2D eigenvalue weighted by molar-refractivity contribution is -0.131. The molecule has 1 amide bonds. The number of hydrogen-bond acceptors (Lipinski definition) is 4. The summed E-state index contributed by atoms with van der Waals surface area (Å²) in [5.41, 5.74) is 2.59. The van der Waals surface area contributed by atoms with E-state index >= 15 is 0 Å². The number of hydrogen-bond donors (Lipinski definition) is 4. The van der Waals surface area contributed by atoms with Crippen LogP contribution in [0.3, 0.4) is 0 Å². The Kier molecular flexibility index (Phi) is 7.27. The van der Waals surface area contributed by atoms with Crippen LogP contribution in [0, 0.1) is 0 Å². The van der Waals surface area contributed by atoms with Crippen molar-refractivity contribution < 1.29 is 18.8 Å². The van der Waals surface area contributed by atoms with Gasteiger partial charge in [-0.2, -0.15) is 0 Å². The molecular weight excluding hydrogens is 268 g/mol. The van der Waals surface area contributed by atoms with E-state index in [1.54, 1.807) is 5.48 Å². The molecule has 106 valence electrons. The van der Waals surface area contributed by atoms with E-state index in [0.29, 0.717) is 19.4 Å². The molecule has 1 aromatic carbocycles. The van der Waals surface area contributed by atoms with E-state index in [2.05, 4.69) is 5.32 Å². The van der Waals surface area contributed by atoms with Crippen LogP contribution in [0.25, 0.3) is 0 Å². The summed E-state index contributed by atoms with van der Waals surface area (Å²) in [7, 11) is 0. The lowest BCUT2D eigenvalue weighted by Crippen LogP contribution is -2.45. The molecule has 0 aliphatic carbocycles. The summed E-state index contributed by atoms with van der Waals surface area (Å²) in [6.45, 7) is 0.428. The van der Waals surface area contributed by atoms with E-state index < -0.39 is 23.0 Å². The van der Waals surface area contributed by atoms with Gasteiger partial charge in [0.25, 0.3) is 5.91 Å². The minimum Gasteiger partial charge on any atom is -0.306 e. The van der Waals surface area contributed by atoms with Gasteiger partial charge in [0.2, 0.25) is 0 Å². The van der Waals surface area contributed by atoms with Gasteiger partial charge in [-0.3, -0.25) is 10.0 Å². The zero-order valence-electron chi connectivity index (χ0n) is 10.4. The third kappa shape index (κ3) is 6.44. The molecule has 6 nitrogen and oxygen atoms in total. The highest BCUT2D eigenvalue weighted by Crippen LogP contribution is 2.03. The molecule has 1 rings (SSSR count).